The summed E-state index contributed by atoms with van der Waals surface area (Å²) in [5.41, 5.74) is 3.90. The summed E-state index contributed by atoms with van der Waals surface area (Å²) < 4.78 is 4.75. The molecule has 0 N–H and O–H groups in total. The van der Waals surface area contributed by atoms with Crippen molar-refractivity contribution in [1.82, 2.24) is 9.88 Å². The molecule has 1 atom stereocenters. The Morgan fingerprint density at radius 2 is 2.00 bits per heavy atom. The average Bonchev–Trinajstić information content (AvgIpc) is 2.63. The molecule has 1 fully saturated rings. The standard InChI is InChI=1S/C20H25N3O2/c1-15-7-4-5-10-19(15)23-12-11-22(16(2)13-23)14-17-8-6-9-18(21-17)20(24)25-3/h4-10,16H,11-14H2,1-3H3/t16-/m0/s1. The van der Waals surface area contributed by atoms with Crippen LogP contribution in [0.15, 0.2) is 42.5 Å². The van der Waals surface area contributed by atoms with Crippen LogP contribution >= 0.6 is 0 Å². The molecule has 0 unspecified atom stereocenters. The van der Waals surface area contributed by atoms with Crippen LogP contribution in [0.4, 0.5) is 5.69 Å². The number of hydrogen-bond donors (Lipinski definition) is 0. The number of nitrogens with zero attached hydrogens (tertiary/aromatic N) is 3. The molecule has 5 nitrogen and oxygen atoms in total. The molecule has 1 aromatic carbocycles. The molecule has 1 aliphatic rings. The van der Waals surface area contributed by atoms with Crippen molar-refractivity contribution in [3.05, 3.63) is 59.4 Å². The van der Waals surface area contributed by atoms with Crippen molar-refractivity contribution in [2.24, 2.45) is 0 Å². The lowest BCUT2D eigenvalue weighted by molar-refractivity contribution is 0.0593. The molecular formula is C20H25N3O2. The summed E-state index contributed by atoms with van der Waals surface area (Å²) in [6.07, 6.45) is 0. The third-order valence-corrected chi connectivity index (χ3v) is 4.79. The van der Waals surface area contributed by atoms with Crippen LogP contribution in [0.2, 0.25) is 0 Å². The van der Waals surface area contributed by atoms with Crippen molar-refractivity contribution in [2.45, 2.75) is 26.4 Å². The van der Waals surface area contributed by atoms with Crippen LogP contribution < -0.4 is 4.90 Å². The summed E-state index contributed by atoms with van der Waals surface area (Å²) in [5.74, 6) is -0.390. The summed E-state index contributed by atoms with van der Waals surface area (Å²) in [6.45, 7) is 8.10. The van der Waals surface area contributed by atoms with Crippen LogP contribution in [0, 0.1) is 6.92 Å². The average molecular weight is 339 g/mol. The highest BCUT2D eigenvalue weighted by Gasteiger charge is 2.25. The smallest absolute Gasteiger partial charge is 0.356 e. The molecule has 0 radical (unpaired) electrons. The van der Waals surface area contributed by atoms with E-state index in [0.717, 1.165) is 31.9 Å². The number of para-hydroxylation sites is 1. The number of piperazine rings is 1. The molecule has 5 heteroatoms. The Morgan fingerprint density at radius 3 is 2.72 bits per heavy atom. The predicted molar refractivity (Wildman–Crippen MR) is 98.8 cm³/mol. The fourth-order valence-electron chi connectivity index (χ4n) is 3.36. The third kappa shape index (κ3) is 3.99. The van der Waals surface area contributed by atoms with Gasteiger partial charge in [-0.1, -0.05) is 24.3 Å². The summed E-state index contributed by atoms with van der Waals surface area (Å²) in [5, 5.41) is 0. The molecular weight excluding hydrogens is 314 g/mol. The lowest BCUT2D eigenvalue weighted by atomic mass is 10.1. The highest BCUT2D eigenvalue weighted by molar-refractivity contribution is 5.87. The summed E-state index contributed by atoms with van der Waals surface area (Å²) in [6, 6.07) is 14.5. The molecule has 0 saturated carbocycles. The van der Waals surface area contributed by atoms with E-state index in [1.165, 1.54) is 18.4 Å². The van der Waals surface area contributed by atoms with Gasteiger partial charge < -0.3 is 9.64 Å². The van der Waals surface area contributed by atoms with Gasteiger partial charge in [0, 0.05) is 37.9 Å². The predicted octanol–water partition coefficient (Wildman–Crippen LogP) is 2.89. The van der Waals surface area contributed by atoms with Crippen molar-refractivity contribution < 1.29 is 9.53 Å². The zero-order valence-corrected chi connectivity index (χ0v) is 15.1. The fraction of sp³-hybridized carbons (Fsp3) is 0.400. The first kappa shape index (κ1) is 17.4. The Hall–Kier alpha value is -2.40. The van der Waals surface area contributed by atoms with E-state index >= 15 is 0 Å². The van der Waals surface area contributed by atoms with Gasteiger partial charge in [0.1, 0.15) is 5.69 Å². The number of esters is 1. The lowest BCUT2D eigenvalue weighted by Crippen LogP contribution is -2.51. The molecule has 0 amide bonds. The number of methoxy groups -OCH3 is 1. The Bertz CT molecular complexity index is 747. The molecule has 0 bridgehead atoms. The number of rotatable bonds is 4. The summed E-state index contributed by atoms with van der Waals surface area (Å²) in [4.78, 5) is 21.0. The molecule has 0 aliphatic carbocycles. The number of hydrogen-bond acceptors (Lipinski definition) is 5. The number of benzene rings is 1. The number of pyridine rings is 1. The van der Waals surface area contributed by atoms with Gasteiger partial charge in [-0.05, 0) is 37.6 Å². The molecule has 1 aromatic heterocycles. The normalized spacial score (nSPS) is 18.2. The van der Waals surface area contributed by atoms with Gasteiger partial charge in [-0.2, -0.15) is 0 Å². The lowest BCUT2D eigenvalue weighted by Gasteiger charge is -2.41. The minimum Gasteiger partial charge on any atom is -0.464 e. The second-order valence-corrected chi connectivity index (χ2v) is 6.56. The zero-order chi connectivity index (χ0) is 17.8. The Balaban J connectivity index is 1.66. The first-order chi connectivity index (χ1) is 12.1. The third-order valence-electron chi connectivity index (χ3n) is 4.79. The molecule has 3 rings (SSSR count). The van der Waals surface area contributed by atoms with Gasteiger partial charge in [-0.25, -0.2) is 9.78 Å². The maximum Gasteiger partial charge on any atom is 0.356 e. The van der Waals surface area contributed by atoms with Crippen molar-refractivity contribution in [1.29, 1.82) is 0 Å². The number of carbonyl (C=O) groups is 1. The zero-order valence-electron chi connectivity index (χ0n) is 15.1. The van der Waals surface area contributed by atoms with Crippen LogP contribution in [0.1, 0.15) is 28.7 Å². The monoisotopic (exact) mass is 339 g/mol. The Kier molecular flexibility index (Phi) is 5.34. The van der Waals surface area contributed by atoms with Gasteiger partial charge in [-0.15, -0.1) is 0 Å². The highest BCUT2D eigenvalue weighted by Crippen LogP contribution is 2.23. The Labute approximate surface area is 149 Å². The van der Waals surface area contributed by atoms with Crippen LogP contribution in [-0.4, -0.2) is 48.6 Å². The van der Waals surface area contributed by atoms with Crippen LogP contribution in [-0.2, 0) is 11.3 Å². The van der Waals surface area contributed by atoms with Crippen molar-refractivity contribution in [2.75, 3.05) is 31.6 Å². The number of aryl methyl sites for hydroxylation is 1. The molecule has 25 heavy (non-hydrogen) atoms. The van der Waals surface area contributed by atoms with Crippen molar-refractivity contribution in [3.8, 4) is 0 Å². The van der Waals surface area contributed by atoms with Gasteiger partial charge >= 0.3 is 5.97 Å². The first-order valence-electron chi connectivity index (χ1n) is 8.67. The maximum absolute atomic E-state index is 11.6. The van der Waals surface area contributed by atoms with Crippen LogP contribution in [0.5, 0.6) is 0 Å². The van der Waals surface area contributed by atoms with Gasteiger partial charge in [0.2, 0.25) is 0 Å². The van der Waals surface area contributed by atoms with E-state index in [-0.39, 0.29) is 5.97 Å². The van der Waals surface area contributed by atoms with Gasteiger partial charge in [0.15, 0.2) is 0 Å². The highest BCUT2D eigenvalue weighted by atomic mass is 16.5. The minimum absolute atomic E-state index is 0.367. The van der Waals surface area contributed by atoms with Gasteiger partial charge in [0.05, 0.1) is 12.8 Å². The minimum atomic E-state index is -0.390. The second-order valence-electron chi connectivity index (χ2n) is 6.56. The summed E-state index contributed by atoms with van der Waals surface area (Å²) >= 11 is 0. The van der Waals surface area contributed by atoms with E-state index in [1.807, 2.05) is 12.1 Å². The summed E-state index contributed by atoms with van der Waals surface area (Å²) in [7, 11) is 1.38. The van der Waals surface area contributed by atoms with Gasteiger partial charge in [0.25, 0.3) is 0 Å². The van der Waals surface area contributed by atoms with E-state index in [2.05, 4.69) is 52.9 Å². The quantitative estimate of drug-likeness (QED) is 0.802. The SMILES string of the molecule is COC(=O)c1cccc(CN2CCN(c3ccccc3C)C[C@@H]2C)n1. The molecule has 0 spiro atoms. The van der Waals surface area contributed by atoms with Crippen molar-refractivity contribution in [3.63, 3.8) is 0 Å². The van der Waals surface area contributed by atoms with E-state index in [4.69, 9.17) is 4.74 Å². The molecule has 2 heterocycles. The molecule has 1 saturated heterocycles. The van der Waals surface area contributed by atoms with E-state index in [1.54, 1.807) is 6.07 Å². The number of aromatic nitrogens is 1. The van der Waals surface area contributed by atoms with Crippen LogP contribution in [0.25, 0.3) is 0 Å². The molecule has 1 aliphatic heterocycles. The van der Waals surface area contributed by atoms with Crippen LogP contribution in [0.3, 0.4) is 0 Å². The number of carbonyl (C=O) groups excluding carboxylic acids is 1. The number of ether oxygens (including phenoxy) is 1. The molecule has 132 valence electrons. The largest absolute Gasteiger partial charge is 0.464 e. The van der Waals surface area contributed by atoms with Crippen molar-refractivity contribution >= 4 is 11.7 Å². The van der Waals surface area contributed by atoms with E-state index in [0.29, 0.717) is 11.7 Å². The number of anilines is 1. The van der Waals surface area contributed by atoms with Gasteiger partial charge in [-0.3, -0.25) is 4.90 Å². The van der Waals surface area contributed by atoms with E-state index < -0.39 is 0 Å². The maximum atomic E-state index is 11.6. The van der Waals surface area contributed by atoms with E-state index in [9.17, 15) is 4.79 Å². The molecule has 2 aromatic rings. The second kappa shape index (κ2) is 7.66. The topological polar surface area (TPSA) is 45.7 Å². The fourth-order valence-corrected chi connectivity index (χ4v) is 3.36. The Morgan fingerprint density at radius 1 is 1.20 bits per heavy atom. The first-order valence-corrected chi connectivity index (χ1v) is 8.67.